The number of rotatable bonds is 5. The van der Waals surface area contributed by atoms with Crippen molar-refractivity contribution in [3.05, 3.63) is 14.7 Å². The zero-order valence-electron chi connectivity index (χ0n) is 10.7. The Bertz CT molecular complexity index is 606. The first-order valence-electron chi connectivity index (χ1n) is 5.93. The molecule has 2 rings (SSSR count). The van der Waals surface area contributed by atoms with Gasteiger partial charge in [-0.1, -0.05) is 0 Å². The SMILES string of the molecule is CN(CC1CCCO1)S(=O)(=O)c1cc(C(=O)O)sc1Br. The van der Waals surface area contributed by atoms with Gasteiger partial charge in [0.25, 0.3) is 0 Å². The Hall–Kier alpha value is -0.480. The Morgan fingerprint density at radius 2 is 2.35 bits per heavy atom. The third-order valence-corrected chi connectivity index (χ3v) is 7.10. The summed E-state index contributed by atoms with van der Waals surface area (Å²) in [5.41, 5.74) is 0. The van der Waals surface area contributed by atoms with Crippen molar-refractivity contribution in [1.29, 1.82) is 0 Å². The number of thiophene rings is 1. The molecule has 9 heteroatoms. The quantitative estimate of drug-likeness (QED) is 0.840. The lowest BCUT2D eigenvalue weighted by molar-refractivity contribution is 0.0702. The van der Waals surface area contributed by atoms with Gasteiger partial charge in [-0.25, -0.2) is 13.2 Å². The van der Waals surface area contributed by atoms with E-state index >= 15 is 0 Å². The van der Waals surface area contributed by atoms with E-state index in [-0.39, 0.29) is 22.4 Å². The Labute approximate surface area is 129 Å². The van der Waals surface area contributed by atoms with Crippen LogP contribution in [0.2, 0.25) is 0 Å². The molecule has 0 spiro atoms. The molecule has 0 bridgehead atoms. The monoisotopic (exact) mass is 383 g/mol. The van der Waals surface area contributed by atoms with Crippen LogP contribution >= 0.6 is 27.3 Å². The zero-order valence-corrected chi connectivity index (χ0v) is 13.9. The van der Waals surface area contributed by atoms with Crippen molar-refractivity contribution in [3.63, 3.8) is 0 Å². The minimum absolute atomic E-state index is 0.0130. The molecule has 1 aromatic heterocycles. The fourth-order valence-electron chi connectivity index (χ4n) is 1.97. The number of carboxylic acid groups (broad SMARTS) is 1. The van der Waals surface area contributed by atoms with Crippen LogP contribution in [0.1, 0.15) is 22.5 Å². The molecule has 0 aromatic carbocycles. The average Bonchev–Trinajstić information content (AvgIpc) is 2.98. The maximum absolute atomic E-state index is 12.4. The average molecular weight is 384 g/mol. The highest BCUT2D eigenvalue weighted by atomic mass is 79.9. The van der Waals surface area contributed by atoms with Crippen molar-refractivity contribution < 1.29 is 23.1 Å². The fraction of sp³-hybridized carbons (Fsp3) is 0.545. The van der Waals surface area contributed by atoms with Crippen LogP contribution in [0, 0.1) is 0 Å². The number of aromatic carboxylic acids is 1. The van der Waals surface area contributed by atoms with Crippen molar-refractivity contribution in [2.45, 2.75) is 23.8 Å². The van der Waals surface area contributed by atoms with E-state index in [1.54, 1.807) is 0 Å². The van der Waals surface area contributed by atoms with Gasteiger partial charge in [0.2, 0.25) is 10.0 Å². The molecule has 1 N–H and O–H groups in total. The van der Waals surface area contributed by atoms with Gasteiger partial charge in [0.1, 0.15) is 9.77 Å². The highest BCUT2D eigenvalue weighted by molar-refractivity contribution is 9.11. The topological polar surface area (TPSA) is 83.9 Å². The van der Waals surface area contributed by atoms with E-state index < -0.39 is 16.0 Å². The summed E-state index contributed by atoms with van der Waals surface area (Å²) >= 11 is 4.01. The van der Waals surface area contributed by atoms with Gasteiger partial charge in [0, 0.05) is 20.2 Å². The summed E-state index contributed by atoms with van der Waals surface area (Å²) in [6, 6.07) is 1.18. The second-order valence-corrected chi connectivity index (χ2v) is 8.86. The molecule has 0 aliphatic carbocycles. The van der Waals surface area contributed by atoms with Gasteiger partial charge in [-0.3, -0.25) is 0 Å². The van der Waals surface area contributed by atoms with Crippen LogP contribution in [-0.4, -0.2) is 50.1 Å². The number of sulfonamides is 1. The van der Waals surface area contributed by atoms with Crippen LogP contribution in [-0.2, 0) is 14.8 Å². The molecule has 2 heterocycles. The predicted molar refractivity (Wildman–Crippen MR) is 77.8 cm³/mol. The second kappa shape index (κ2) is 6.10. The Morgan fingerprint density at radius 3 is 2.85 bits per heavy atom. The normalized spacial score (nSPS) is 19.6. The molecule has 1 aromatic rings. The van der Waals surface area contributed by atoms with E-state index in [0.717, 1.165) is 24.2 Å². The van der Waals surface area contributed by atoms with Crippen LogP contribution in [0.3, 0.4) is 0 Å². The van der Waals surface area contributed by atoms with Crippen LogP contribution in [0.4, 0.5) is 0 Å². The van der Waals surface area contributed by atoms with Crippen LogP contribution < -0.4 is 0 Å². The molecular formula is C11H14BrNO5S2. The summed E-state index contributed by atoms with van der Waals surface area (Å²) in [7, 11) is -2.24. The smallest absolute Gasteiger partial charge is 0.345 e. The molecule has 112 valence electrons. The molecule has 0 saturated carbocycles. The number of hydrogen-bond acceptors (Lipinski definition) is 5. The summed E-state index contributed by atoms with van der Waals surface area (Å²) in [5.74, 6) is -1.14. The van der Waals surface area contributed by atoms with Gasteiger partial charge in [-0.15, -0.1) is 11.3 Å². The number of carboxylic acids is 1. The van der Waals surface area contributed by atoms with Crippen LogP contribution in [0.15, 0.2) is 14.7 Å². The molecule has 0 amide bonds. The minimum Gasteiger partial charge on any atom is -0.477 e. The highest BCUT2D eigenvalue weighted by Crippen LogP contribution is 2.33. The van der Waals surface area contributed by atoms with Gasteiger partial charge < -0.3 is 9.84 Å². The van der Waals surface area contributed by atoms with E-state index in [2.05, 4.69) is 15.9 Å². The van der Waals surface area contributed by atoms with E-state index in [1.807, 2.05) is 0 Å². The summed E-state index contributed by atoms with van der Waals surface area (Å²) < 4.78 is 31.8. The van der Waals surface area contributed by atoms with Crippen LogP contribution in [0.25, 0.3) is 0 Å². The summed E-state index contributed by atoms with van der Waals surface area (Å²) in [6.45, 7) is 0.927. The summed E-state index contributed by atoms with van der Waals surface area (Å²) in [5, 5.41) is 8.92. The first kappa shape index (κ1) is 15.9. The lowest BCUT2D eigenvalue weighted by Gasteiger charge is -2.20. The number of halogens is 1. The first-order chi connectivity index (χ1) is 9.32. The third kappa shape index (κ3) is 3.22. The van der Waals surface area contributed by atoms with E-state index in [0.29, 0.717) is 10.4 Å². The number of nitrogens with zero attached hydrogens (tertiary/aromatic N) is 1. The zero-order chi connectivity index (χ0) is 14.9. The molecule has 1 unspecified atom stereocenters. The fourth-order valence-corrected chi connectivity index (χ4v) is 5.53. The molecule has 20 heavy (non-hydrogen) atoms. The Kier molecular flexibility index (Phi) is 4.85. The molecular weight excluding hydrogens is 370 g/mol. The highest BCUT2D eigenvalue weighted by Gasteiger charge is 2.29. The van der Waals surface area contributed by atoms with Gasteiger partial charge in [-0.2, -0.15) is 4.31 Å². The Balaban J connectivity index is 2.22. The number of ether oxygens (including phenoxy) is 1. The molecule has 6 nitrogen and oxygen atoms in total. The standard InChI is InChI=1S/C11H14BrNO5S2/c1-13(6-7-3-2-4-18-7)20(16,17)9-5-8(11(14)15)19-10(9)12/h5,7H,2-4,6H2,1H3,(H,14,15). The van der Waals surface area contributed by atoms with Gasteiger partial charge in [0.15, 0.2) is 0 Å². The second-order valence-electron chi connectivity index (χ2n) is 4.47. The maximum atomic E-state index is 12.4. The molecule has 1 fully saturated rings. The maximum Gasteiger partial charge on any atom is 0.345 e. The predicted octanol–water partition coefficient (Wildman–Crippen LogP) is 2.01. The van der Waals surface area contributed by atoms with Gasteiger partial charge in [-0.05, 0) is 34.8 Å². The van der Waals surface area contributed by atoms with E-state index in [9.17, 15) is 13.2 Å². The molecule has 1 aliphatic heterocycles. The van der Waals surface area contributed by atoms with Crippen LogP contribution in [0.5, 0.6) is 0 Å². The molecule has 1 saturated heterocycles. The lowest BCUT2D eigenvalue weighted by atomic mass is 10.2. The van der Waals surface area contributed by atoms with Gasteiger partial charge >= 0.3 is 5.97 Å². The third-order valence-electron chi connectivity index (χ3n) is 3.04. The number of likely N-dealkylation sites (N-methyl/N-ethyl adjacent to an activating group) is 1. The number of carbonyl (C=O) groups is 1. The van der Waals surface area contributed by atoms with Crippen molar-refractivity contribution in [1.82, 2.24) is 4.31 Å². The van der Waals surface area contributed by atoms with Crippen molar-refractivity contribution in [2.24, 2.45) is 0 Å². The summed E-state index contributed by atoms with van der Waals surface area (Å²) in [6.07, 6.45) is 1.68. The van der Waals surface area contributed by atoms with E-state index in [4.69, 9.17) is 9.84 Å². The summed E-state index contributed by atoms with van der Waals surface area (Å²) in [4.78, 5) is 10.9. The molecule has 0 radical (unpaired) electrons. The van der Waals surface area contributed by atoms with Crippen molar-refractivity contribution in [3.8, 4) is 0 Å². The molecule has 1 aliphatic rings. The lowest BCUT2D eigenvalue weighted by Crippen LogP contribution is -2.34. The first-order valence-corrected chi connectivity index (χ1v) is 8.98. The Morgan fingerprint density at radius 1 is 1.65 bits per heavy atom. The molecule has 1 atom stereocenters. The number of hydrogen-bond donors (Lipinski definition) is 1. The minimum atomic E-state index is -3.72. The largest absolute Gasteiger partial charge is 0.477 e. The van der Waals surface area contributed by atoms with Gasteiger partial charge in [0.05, 0.1) is 9.89 Å². The van der Waals surface area contributed by atoms with E-state index in [1.165, 1.54) is 17.4 Å². The van der Waals surface area contributed by atoms with Crippen molar-refractivity contribution >= 4 is 43.3 Å². The van der Waals surface area contributed by atoms with Crippen molar-refractivity contribution in [2.75, 3.05) is 20.2 Å².